The second kappa shape index (κ2) is 8.25. The Bertz CT molecular complexity index is 643. The Balaban J connectivity index is 0.00000225. The quantitative estimate of drug-likeness (QED) is 0.826. The Morgan fingerprint density at radius 2 is 2.12 bits per heavy atom. The highest BCUT2D eigenvalue weighted by Gasteiger charge is 2.50. The highest BCUT2D eigenvalue weighted by atomic mass is 35.5. The molecule has 3 rings (SSSR count). The van der Waals surface area contributed by atoms with Gasteiger partial charge in [-0.25, -0.2) is 0 Å². The summed E-state index contributed by atoms with van der Waals surface area (Å²) in [5, 5.41) is 13.4. The molecular formula is C17H22Cl2N2O4. The second-order valence-corrected chi connectivity index (χ2v) is 6.79. The zero-order valence-corrected chi connectivity index (χ0v) is 15.3. The van der Waals surface area contributed by atoms with E-state index in [0.29, 0.717) is 36.7 Å². The average Bonchev–Trinajstić information content (AvgIpc) is 2.60. The second-order valence-electron chi connectivity index (χ2n) is 6.38. The first-order valence-corrected chi connectivity index (χ1v) is 8.52. The molecule has 0 unspecified atom stereocenters. The van der Waals surface area contributed by atoms with Crippen molar-refractivity contribution in [2.24, 2.45) is 5.41 Å². The summed E-state index contributed by atoms with van der Waals surface area (Å²) in [7, 11) is 0. The van der Waals surface area contributed by atoms with Crippen molar-refractivity contribution in [2.75, 3.05) is 26.2 Å². The van der Waals surface area contributed by atoms with E-state index in [0.717, 1.165) is 13.0 Å². The van der Waals surface area contributed by atoms with Gasteiger partial charge in [-0.3, -0.25) is 9.59 Å². The minimum Gasteiger partial charge on any atom is -0.482 e. The Labute approximate surface area is 157 Å². The fourth-order valence-corrected chi connectivity index (χ4v) is 3.81. The van der Waals surface area contributed by atoms with E-state index < -0.39 is 11.4 Å². The number of benzene rings is 1. The number of carboxylic acid groups (broad SMARTS) is 1. The zero-order chi connectivity index (χ0) is 17.2. The smallest absolute Gasteiger partial charge is 0.311 e. The number of amides is 1. The molecule has 2 heterocycles. The van der Waals surface area contributed by atoms with Crippen molar-refractivity contribution in [1.82, 2.24) is 10.2 Å². The molecule has 2 saturated heterocycles. The van der Waals surface area contributed by atoms with Crippen molar-refractivity contribution in [1.29, 1.82) is 0 Å². The minimum atomic E-state index is -0.765. The molecule has 0 saturated carbocycles. The normalized spacial score (nSPS) is 25.5. The number of piperidine rings is 2. The molecule has 6 nitrogen and oxygen atoms in total. The molecule has 25 heavy (non-hydrogen) atoms. The predicted molar refractivity (Wildman–Crippen MR) is 96.5 cm³/mol. The number of halogens is 2. The first-order chi connectivity index (χ1) is 11.5. The molecule has 0 aliphatic carbocycles. The van der Waals surface area contributed by atoms with Crippen LogP contribution < -0.4 is 10.1 Å². The van der Waals surface area contributed by atoms with Crippen LogP contribution in [0, 0.1) is 5.41 Å². The number of rotatable bonds is 4. The monoisotopic (exact) mass is 388 g/mol. The summed E-state index contributed by atoms with van der Waals surface area (Å²) in [5.74, 6) is -0.444. The van der Waals surface area contributed by atoms with Gasteiger partial charge in [-0.1, -0.05) is 23.7 Å². The van der Waals surface area contributed by atoms with Gasteiger partial charge in [0.25, 0.3) is 5.91 Å². The number of ether oxygens (including phenoxy) is 1. The number of carboxylic acids is 1. The third-order valence-electron chi connectivity index (χ3n) is 5.05. The number of carbonyl (C=O) groups excluding carboxylic acids is 1. The molecule has 0 spiro atoms. The molecule has 1 aromatic rings. The number of hydrogen-bond donors (Lipinski definition) is 2. The van der Waals surface area contributed by atoms with E-state index in [9.17, 15) is 14.7 Å². The highest BCUT2D eigenvalue weighted by molar-refractivity contribution is 6.32. The maximum absolute atomic E-state index is 12.4. The Hall–Kier alpha value is -1.50. The van der Waals surface area contributed by atoms with Crippen molar-refractivity contribution in [3.05, 3.63) is 29.3 Å². The minimum absolute atomic E-state index is 0. The number of fused-ring (bicyclic) bond motifs is 1. The summed E-state index contributed by atoms with van der Waals surface area (Å²) < 4.78 is 5.50. The van der Waals surface area contributed by atoms with Gasteiger partial charge < -0.3 is 20.1 Å². The van der Waals surface area contributed by atoms with Crippen molar-refractivity contribution >= 4 is 35.9 Å². The van der Waals surface area contributed by atoms with E-state index in [4.69, 9.17) is 16.3 Å². The predicted octanol–water partition coefficient (Wildman–Crippen LogP) is 2.20. The van der Waals surface area contributed by atoms with Gasteiger partial charge in [-0.05, 0) is 37.9 Å². The van der Waals surface area contributed by atoms with Gasteiger partial charge in [0.15, 0.2) is 6.61 Å². The number of likely N-dealkylation sites (tertiary alicyclic amines) is 1. The molecule has 138 valence electrons. The number of nitrogens with zero attached hydrogens (tertiary/aromatic N) is 1. The van der Waals surface area contributed by atoms with E-state index in [1.807, 2.05) is 0 Å². The van der Waals surface area contributed by atoms with Crippen molar-refractivity contribution in [2.45, 2.75) is 25.3 Å². The van der Waals surface area contributed by atoms with Crippen LogP contribution in [0.4, 0.5) is 0 Å². The van der Waals surface area contributed by atoms with E-state index in [1.165, 1.54) is 0 Å². The molecule has 2 aliphatic rings. The van der Waals surface area contributed by atoms with Gasteiger partial charge in [0.2, 0.25) is 0 Å². The molecule has 1 amide bonds. The fraction of sp³-hybridized carbons (Fsp3) is 0.529. The Morgan fingerprint density at radius 1 is 1.36 bits per heavy atom. The number of aliphatic carboxylic acids is 1. The Kier molecular flexibility index (Phi) is 6.54. The van der Waals surface area contributed by atoms with Crippen LogP contribution in [0.5, 0.6) is 5.75 Å². The van der Waals surface area contributed by atoms with Crippen molar-refractivity contribution in [3.63, 3.8) is 0 Å². The molecule has 0 radical (unpaired) electrons. The number of para-hydroxylation sites is 1. The molecular weight excluding hydrogens is 367 g/mol. The lowest BCUT2D eigenvalue weighted by Crippen LogP contribution is -2.63. The molecule has 0 aromatic heterocycles. The lowest BCUT2D eigenvalue weighted by molar-refractivity contribution is -0.159. The summed E-state index contributed by atoms with van der Waals surface area (Å²) in [5.41, 5.74) is -0.751. The van der Waals surface area contributed by atoms with Crippen molar-refractivity contribution < 1.29 is 19.4 Å². The number of hydrogen-bond acceptors (Lipinski definition) is 4. The van der Waals surface area contributed by atoms with E-state index in [2.05, 4.69) is 5.32 Å². The molecule has 8 heteroatoms. The van der Waals surface area contributed by atoms with Crippen LogP contribution in [0.25, 0.3) is 0 Å². The largest absolute Gasteiger partial charge is 0.482 e. The van der Waals surface area contributed by atoms with E-state index in [1.54, 1.807) is 29.2 Å². The number of carbonyl (C=O) groups is 2. The van der Waals surface area contributed by atoms with Gasteiger partial charge in [0, 0.05) is 19.1 Å². The summed E-state index contributed by atoms with van der Waals surface area (Å²) in [6.07, 6.45) is 1.99. The highest BCUT2D eigenvalue weighted by Crippen LogP contribution is 2.39. The van der Waals surface area contributed by atoms with Crippen LogP contribution in [0.3, 0.4) is 0 Å². The molecule has 1 aromatic carbocycles. The molecule has 2 N–H and O–H groups in total. The van der Waals surface area contributed by atoms with Crippen LogP contribution in [0.15, 0.2) is 24.3 Å². The molecule has 2 atom stereocenters. The SMILES string of the molecule is Cl.O=C(COc1ccccc1Cl)N1CC[C@@]2(C(=O)O)CCCN[C@@H]2C1. The lowest BCUT2D eigenvalue weighted by atomic mass is 9.69. The summed E-state index contributed by atoms with van der Waals surface area (Å²) in [6, 6.07) is 6.79. The maximum atomic E-state index is 12.4. The summed E-state index contributed by atoms with van der Waals surface area (Å²) in [4.78, 5) is 25.8. The third kappa shape index (κ3) is 4.02. The van der Waals surface area contributed by atoms with Gasteiger partial charge >= 0.3 is 5.97 Å². The van der Waals surface area contributed by atoms with E-state index in [-0.39, 0.29) is 31.0 Å². The fourth-order valence-electron chi connectivity index (χ4n) is 3.62. The number of nitrogens with one attached hydrogen (secondary N) is 1. The van der Waals surface area contributed by atoms with Gasteiger partial charge in [-0.2, -0.15) is 0 Å². The third-order valence-corrected chi connectivity index (χ3v) is 5.37. The first kappa shape index (κ1) is 19.8. The topological polar surface area (TPSA) is 78.9 Å². The van der Waals surface area contributed by atoms with Crippen LogP contribution >= 0.6 is 24.0 Å². The van der Waals surface area contributed by atoms with Crippen LogP contribution in [0.2, 0.25) is 5.02 Å². The van der Waals surface area contributed by atoms with Gasteiger partial charge in [0.1, 0.15) is 5.75 Å². The average molecular weight is 389 g/mol. The standard InChI is InChI=1S/C17H21ClN2O4.ClH/c18-12-4-1-2-5-13(12)24-11-15(21)20-9-7-17(16(22)23)6-3-8-19-14(17)10-20;/h1-2,4-5,14,19H,3,6-11H2,(H,22,23);1H/t14-,17+;/m1./s1. The summed E-state index contributed by atoms with van der Waals surface area (Å²) >= 11 is 6.01. The maximum Gasteiger partial charge on any atom is 0.311 e. The zero-order valence-electron chi connectivity index (χ0n) is 13.7. The van der Waals surface area contributed by atoms with Crippen LogP contribution in [-0.4, -0.2) is 54.2 Å². The first-order valence-electron chi connectivity index (χ1n) is 8.15. The lowest BCUT2D eigenvalue weighted by Gasteiger charge is -2.48. The van der Waals surface area contributed by atoms with Crippen LogP contribution in [0.1, 0.15) is 19.3 Å². The molecule has 2 aliphatic heterocycles. The van der Waals surface area contributed by atoms with E-state index >= 15 is 0 Å². The van der Waals surface area contributed by atoms with Crippen molar-refractivity contribution in [3.8, 4) is 5.75 Å². The molecule has 2 fully saturated rings. The Morgan fingerprint density at radius 3 is 2.84 bits per heavy atom. The van der Waals surface area contributed by atoms with Crippen LogP contribution in [-0.2, 0) is 9.59 Å². The molecule has 0 bridgehead atoms. The van der Waals surface area contributed by atoms with Gasteiger partial charge in [-0.15, -0.1) is 12.4 Å². The van der Waals surface area contributed by atoms with Gasteiger partial charge in [0.05, 0.1) is 10.4 Å². The summed E-state index contributed by atoms with van der Waals surface area (Å²) in [6.45, 7) is 1.53.